The fraction of sp³-hybridized carbons (Fsp3) is 0.667. The molecule has 1 aromatic heterocycles. The molecular formula is C9H16N2OS2. The lowest BCUT2D eigenvalue weighted by Crippen LogP contribution is -2.10. The summed E-state index contributed by atoms with van der Waals surface area (Å²) in [6.07, 6.45) is 3.65. The van der Waals surface area contributed by atoms with Crippen molar-refractivity contribution in [2.24, 2.45) is 0 Å². The zero-order valence-corrected chi connectivity index (χ0v) is 10.4. The van der Waals surface area contributed by atoms with Crippen molar-refractivity contribution in [2.75, 3.05) is 12.0 Å². The zero-order chi connectivity index (χ0) is 10.7. The topological polar surface area (TPSA) is 37.8 Å². The van der Waals surface area contributed by atoms with Crippen molar-refractivity contribution in [2.45, 2.75) is 26.3 Å². The highest BCUT2D eigenvalue weighted by atomic mass is 32.2. The molecule has 0 aliphatic rings. The van der Waals surface area contributed by atoms with Crippen LogP contribution in [0.4, 0.5) is 0 Å². The van der Waals surface area contributed by atoms with E-state index in [1.54, 1.807) is 6.26 Å². The summed E-state index contributed by atoms with van der Waals surface area (Å²) in [5, 5.41) is 0. The second-order valence-corrected chi connectivity index (χ2v) is 5.54. The molecule has 1 heterocycles. The summed E-state index contributed by atoms with van der Waals surface area (Å²) in [5.41, 5.74) is 1.18. The van der Waals surface area contributed by atoms with Crippen LogP contribution < -0.4 is 0 Å². The average molecular weight is 232 g/mol. The first-order chi connectivity index (χ1) is 6.52. The fourth-order valence-electron chi connectivity index (χ4n) is 1.34. The number of hydrogen-bond acceptors (Lipinski definition) is 2. The quantitative estimate of drug-likeness (QED) is 0.807. The number of aromatic nitrogens is 2. The van der Waals surface area contributed by atoms with Crippen LogP contribution in [0, 0.1) is 4.77 Å². The van der Waals surface area contributed by atoms with Gasteiger partial charge in [0.1, 0.15) is 0 Å². The van der Waals surface area contributed by atoms with E-state index in [4.69, 9.17) is 12.2 Å². The first-order valence-electron chi connectivity index (χ1n) is 4.60. The Morgan fingerprint density at radius 1 is 1.64 bits per heavy atom. The fourth-order valence-corrected chi connectivity index (χ4v) is 2.03. The molecule has 0 saturated heterocycles. The summed E-state index contributed by atoms with van der Waals surface area (Å²) >= 11 is 5.15. The molecule has 0 aliphatic carbocycles. The molecule has 1 N–H and O–H groups in total. The van der Waals surface area contributed by atoms with Crippen LogP contribution >= 0.6 is 12.2 Å². The minimum Gasteiger partial charge on any atom is -0.337 e. The van der Waals surface area contributed by atoms with Crippen molar-refractivity contribution in [1.29, 1.82) is 0 Å². The molecule has 1 rings (SSSR count). The molecule has 0 saturated carbocycles. The average Bonchev–Trinajstić information content (AvgIpc) is 2.43. The number of hydrogen-bond donors (Lipinski definition) is 1. The van der Waals surface area contributed by atoms with Gasteiger partial charge in [0.05, 0.1) is 0 Å². The predicted octanol–water partition coefficient (Wildman–Crippen LogP) is 2.05. The maximum atomic E-state index is 11.0. The summed E-state index contributed by atoms with van der Waals surface area (Å²) in [5.74, 6) is 1.10. The lowest BCUT2D eigenvalue weighted by molar-refractivity contribution is 0.651. The molecule has 1 atom stereocenters. The minimum absolute atomic E-state index is 0.438. The predicted molar refractivity (Wildman–Crippen MR) is 62.6 cm³/mol. The van der Waals surface area contributed by atoms with Gasteiger partial charge in [-0.05, 0) is 18.1 Å². The first kappa shape index (κ1) is 11.7. The van der Waals surface area contributed by atoms with Crippen molar-refractivity contribution in [3.05, 3.63) is 16.7 Å². The molecule has 0 amide bonds. The van der Waals surface area contributed by atoms with Crippen LogP contribution in [-0.2, 0) is 17.3 Å². The Morgan fingerprint density at radius 2 is 2.29 bits per heavy atom. The smallest absolute Gasteiger partial charge is 0.177 e. The maximum Gasteiger partial charge on any atom is 0.177 e. The summed E-state index contributed by atoms with van der Waals surface area (Å²) in [7, 11) is -0.761. The van der Waals surface area contributed by atoms with E-state index < -0.39 is 10.8 Å². The summed E-state index contributed by atoms with van der Waals surface area (Å²) in [6.45, 7) is 4.98. The van der Waals surface area contributed by atoms with E-state index in [-0.39, 0.29) is 0 Å². The Hall–Kier alpha value is -0.420. The van der Waals surface area contributed by atoms with Crippen molar-refractivity contribution in [3.63, 3.8) is 0 Å². The van der Waals surface area contributed by atoms with Gasteiger partial charge in [0.25, 0.3) is 0 Å². The lowest BCUT2D eigenvalue weighted by Gasteiger charge is -2.09. The highest BCUT2D eigenvalue weighted by Gasteiger charge is 2.07. The molecule has 1 unspecified atom stereocenters. The molecule has 1 aromatic rings. The molecule has 3 nitrogen and oxygen atoms in total. The highest BCUT2D eigenvalue weighted by molar-refractivity contribution is 7.84. The SMILES string of the molecule is CC(C)c1c[nH]c(=S)n1CCS(C)=O. The van der Waals surface area contributed by atoms with Crippen LogP contribution in [0.15, 0.2) is 6.20 Å². The second kappa shape index (κ2) is 4.89. The Kier molecular flexibility index (Phi) is 4.07. The third-order valence-corrected chi connectivity index (χ3v) is 3.19. The molecule has 0 aliphatic heterocycles. The van der Waals surface area contributed by atoms with Crippen LogP contribution in [-0.4, -0.2) is 25.8 Å². The van der Waals surface area contributed by atoms with Crippen molar-refractivity contribution in [3.8, 4) is 0 Å². The van der Waals surface area contributed by atoms with E-state index in [9.17, 15) is 4.21 Å². The Balaban J connectivity index is 2.88. The molecule has 80 valence electrons. The molecule has 0 bridgehead atoms. The Morgan fingerprint density at radius 3 is 2.79 bits per heavy atom. The lowest BCUT2D eigenvalue weighted by atomic mass is 10.1. The summed E-state index contributed by atoms with van der Waals surface area (Å²) < 4.78 is 13.7. The standard InChI is InChI=1S/C9H16N2OS2/c1-7(2)8-6-10-9(13)11(8)4-5-14(3)12/h6-7H,4-5H2,1-3H3,(H,10,13). The van der Waals surface area contributed by atoms with Gasteiger partial charge in [-0.3, -0.25) is 4.21 Å². The van der Waals surface area contributed by atoms with E-state index in [2.05, 4.69) is 18.8 Å². The van der Waals surface area contributed by atoms with Crippen molar-refractivity contribution >= 4 is 23.0 Å². The zero-order valence-electron chi connectivity index (χ0n) is 8.74. The molecule has 5 heteroatoms. The molecule has 0 spiro atoms. The van der Waals surface area contributed by atoms with Crippen molar-refractivity contribution in [1.82, 2.24) is 9.55 Å². The third kappa shape index (κ3) is 2.78. The van der Waals surface area contributed by atoms with Gasteiger partial charge < -0.3 is 9.55 Å². The minimum atomic E-state index is -0.761. The molecule has 0 fully saturated rings. The number of nitrogens with zero attached hydrogens (tertiary/aromatic N) is 1. The Labute approximate surface area is 92.0 Å². The normalized spacial score (nSPS) is 13.4. The maximum absolute atomic E-state index is 11.0. The number of aromatic amines is 1. The summed E-state index contributed by atoms with van der Waals surface area (Å²) in [4.78, 5) is 3.02. The number of H-pyrrole nitrogens is 1. The van der Waals surface area contributed by atoms with Gasteiger partial charge in [-0.15, -0.1) is 0 Å². The summed E-state index contributed by atoms with van der Waals surface area (Å²) in [6, 6.07) is 0. The van der Waals surface area contributed by atoms with Crippen LogP contribution in [0.5, 0.6) is 0 Å². The van der Waals surface area contributed by atoms with Crippen LogP contribution in [0.1, 0.15) is 25.5 Å². The van der Waals surface area contributed by atoms with Crippen LogP contribution in [0.3, 0.4) is 0 Å². The second-order valence-electron chi connectivity index (χ2n) is 3.60. The number of rotatable bonds is 4. The molecular weight excluding hydrogens is 216 g/mol. The molecule has 14 heavy (non-hydrogen) atoms. The van der Waals surface area contributed by atoms with Gasteiger partial charge in [0.15, 0.2) is 4.77 Å². The van der Waals surface area contributed by atoms with Gasteiger partial charge in [0, 0.05) is 41.2 Å². The first-order valence-corrected chi connectivity index (χ1v) is 6.74. The van der Waals surface area contributed by atoms with Gasteiger partial charge in [-0.2, -0.15) is 0 Å². The van der Waals surface area contributed by atoms with Gasteiger partial charge in [0.2, 0.25) is 0 Å². The highest BCUT2D eigenvalue weighted by Crippen LogP contribution is 2.14. The van der Waals surface area contributed by atoms with Crippen molar-refractivity contribution < 1.29 is 4.21 Å². The van der Waals surface area contributed by atoms with Crippen LogP contribution in [0.2, 0.25) is 0 Å². The van der Waals surface area contributed by atoms with Gasteiger partial charge in [-0.1, -0.05) is 13.8 Å². The number of imidazole rings is 1. The van der Waals surface area contributed by atoms with E-state index >= 15 is 0 Å². The third-order valence-electron chi connectivity index (χ3n) is 2.09. The van der Waals surface area contributed by atoms with E-state index in [0.29, 0.717) is 11.7 Å². The Bertz CT molecular complexity index is 378. The van der Waals surface area contributed by atoms with E-state index in [0.717, 1.165) is 11.3 Å². The number of nitrogens with one attached hydrogen (secondary N) is 1. The largest absolute Gasteiger partial charge is 0.337 e. The molecule has 0 radical (unpaired) electrons. The monoisotopic (exact) mass is 232 g/mol. The molecule has 0 aromatic carbocycles. The van der Waals surface area contributed by atoms with E-state index in [1.165, 1.54) is 5.69 Å². The van der Waals surface area contributed by atoms with Crippen LogP contribution in [0.25, 0.3) is 0 Å². The van der Waals surface area contributed by atoms with Gasteiger partial charge in [-0.25, -0.2) is 0 Å². The van der Waals surface area contributed by atoms with E-state index in [1.807, 2.05) is 10.8 Å². The van der Waals surface area contributed by atoms with Gasteiger partial charge >= 0.3 is 0 Å².